The van der Waals surface area contributed by atoms with Gasteiger partial charge in [-0.3, -0.25) is 14.3 Å². The Kier molecular flexibility index (Phi) is 8.65. The number of aromatic nitrogens is 2. The molecule has 210 valence electrons. The number of rotatable bonds is 11. The van der Waals surface area contributed by atoms with E-state index in [0.29, 0.717) is 38.7 Å². The van der Waals surface area contributed by atoms with E-state index in [-0.39, 0.29) is 12.5 Å². The summed E-state index contributed by atoms with van der Waals surface area (Å²) in [7, 11) is 2.09. The summed E-state index contributed by atoms with van der Waals surface area (Å²) in [6.45, 7) is 5.44. The number of imidazole rings is 1. The molecular weight excluding hydrogens is 506 g/mol. The van der Waals surface area contributed by atoms with E-state index in [2.05, 4.69) is 44.6 Å². The van der Waals surface area contributed by atoms with Gasteiger partial charge in [-0.2, -0.15) is 0 Å². The third kappa shape index (κ3) is 6.81. The molecule has 2 N–H and O–H groups in total. The smallest absolute Gasteiger partial charge is 0.234 e. The summed E-state index contributed by atoms with van der Waals surface area (Å²) in [4.78, 5) is 26.7. The maximum Gasteiger partial charge on any atom is 0.234 e. The number of para-hydroxylation sites is 1. The standard InChI is InChI=1S/C30H37N7O3/c1-30(12-14-33-29(34-30)36-18-15-31-23-36)37(17-6-16-35(2)25-7-4-3-5-8-25)22-28(38)32-13-11-24-9-10-26-27(21-24)40-20-19-39-26/h3-5,7-10,12,14-15,18,21,23H,6,11,13,16-17,19-20,22H2,1-2H3,(H,32,38)(H,33,34). The molecule has 0 aliphatic carbocycles. The molecule has 2 aliphatic heterocycles. The van der Waals surface area contributed by atoms with Crippen molar-refractivity contribution in [3.8, 4) is 11.5 Å². The van der Waals surface area contributed by atoms with E-state index in [4.69, 9.17) is 14.5 Å². The van der Waals surface area contributed by atoms with Gasteiger partial charge in [0.2, 0.25) is 11.9 Å². The van der Waals surface area contributed by atoms with Gasteiger partial charge in [0.15, 0.2) is 11.5 Å². The second-order valence-corrected chi connectivity index (χ2v) is 10.1. The molecule has 1 atom stereocenters. The molecular formula is C30H37N7O3. The van der Waals surface area contributed by atoms with Crippen molar-refractivity contribution in [2.24, 2.45) is 4.99 Å². The van der Waals surface area contributed by atoms with E-state index in [0.717, 1.165) is 30.0 Å². The van der Waals surface area contributed by atoms with Crippen molar-refractivity contribution in [3.63, 3.8) is 0 Å². The van der Waals surface area contributed by atoms with E-state index >= 15 is 0 Å². The van der Waals surface area contributed by atoms with Crippen molar-refractivity contribution < 1.29 is 14.3 Å². The molecule has 1 unspecified atom stereocenters. The number of ether oxygens (including phenoxy) is 2. The molecule has 1 aromatic heterocycles. The maximum atomic E-state index is 13.2. The van der Waals surface area contributed by atoms with Crippen LogP contribution < -0.4 is 25.0 Å². The van der Waals surface area contributed by atoms with E-state index < -0.39 is 5.66 Å². The van der Waals surface area contributed by atoms with Gasteiger partial charge in [-0.05, 0) is 55.7 Å². The van der Waals surface area contributed by atoms with Gasteiger partial charge in [0.05, 0.1) is 6.54 Å². The van der Waals surface area contributed by atoms with E-state index in [9.17, 15) is 4.79 Å². The monoisotopic (exact) mass is 543 g/mol. The van der Waals surface area contributed by atoms with Gasteiger partial charge in [-0.25, -0.2) is 9.98 Å². The minimum atomic E-state index is -0.705. The van der Waals surface area contributed by atoms with Gasteiger partial charge in [-0.1, -0.05) is 24.3 Å². The van der Waals surface area contributed by atoms with Gasteiger partial charge >= 0.3 is 0 Å². The van der Waals surface area contributed by atoms with Crippen LogP contribution >= 0.6 is 0 Å². The zero-order valence-electron chi connectivity index (χ0n) is 23.1. The second-order valence-electron chi connectivity index (χ2n) is 10.1. The Bertz CT molecular complexity index is 1330. The van der Waals surface area contributed by atoms with Gasteiger partial charge in [-0.15, -0.1) is 0 Å². The minimum Gasteiger partial charge on any atom is -0.486 e. The number of hydrogen-bond acceptors (Lipinski definition) is 8. The topological polar surface area (TPSA) is 96.2 Å². The highest BCUT2D eigenvalue weighted by Gasteiger charge is 2.33. The lowest BCUT2D eigenvalue weighted by molar-refractivity contribution is -0.123. The number of carbonyl (C=O) groups excluding carboxylic acids is 1. The fourth-order valence-electron chi connectivity index (χ4n) is 4.85. The average Bonchev–Trinajstić information content (AvgIpc) is 3.52. The average molecular weight is 544 g/mol. The number of fused-ring (bicyclic) bond motifs is 1. The van der Waals surface area contributed by atoms with Crippen LogP contribution in [0.5, 0.6) is 11.5 Å². The number of nitrogens with zero attached hydrogens (tertiary/aromatic N) is 5. The first kappa shape index (κ1) is 27.3. The van der Waals surface area contributed by atoms with Crippen LogP contribution in [0, 0.1) is 0 Å². The first-order chi connectivity index (χ1) is 19.5. The third-order valence-electron chi connectivity index (χ3n) is 7.13. The highest BCUT2D eigenvalue weighted by atomic mass is 16.6. The molecule has 2 aromatic carbocycles. The van der Waals surface area contributed by atoms with Crippen molar-refractivity contribution >= 4 is 17.6 Å². The predicted octanol–water partition coefficient (Wildman–Crippen LogP) is 2.88. The Morgan fingerprint density at radius 1 is 1.12 bits per heavy atom. The second kappa shape index (κ2) is 12.7. The number of anilines is 1. The summed E-state index contributed by atoms with van der Waals surface area (Å²) in [5.74, 6) is 2.15. The largest absolute Gasteiger partial charge is 0.486 e. The molecule has 10 nitrogen and oxygen atoms in total. The molecule has 3 heterocycles. The summed E-state index contributed by atoms with van der Waals surface area (Å²) in [5, 5.41) is 6.29. The van der Waals surface area contributed by atoms with Crippen molar-refractivity contribution in [1.29, 1.82) is 0 Å². The third-order valence-corrected chi connectivity index (χ3v) is 7.13. The molecule has 5 rings (SSSR count). The lowest BCUT2D eigenvalue weighted by Crippen LogP contribution is -2.52. The Labute approximate surface area is 235 Å². The van der Waals surface area contributed by atoms with E-state index in [1.54, 1.807) is 12.5 Å². The number of amides is 1. The SMILES string of the molecule is CN(CCCN(CC(=O)NCCc1ccc2c(c1)OCCO2)C1(C)C=CNC(n2ccnc2)=N1)c1ccccc1. The number of aliphatic imine (C=N–C) groups is 1. The Balaban J connectivity index is 1.22. The summed E-state index contributed by atoms with van der Waals surface area (Å²) < 4.78 is 13.1. The van der Waals surface area contributed by atoms with Crippen LogP contribution in [-0.2, 0) is 11.2 Å². The van der Waals surface area contributed by atoms with Crippen molar-refractivity contribution in [3.05, 3.63) is 85.1 Å². The number of carbonyl (C=O) groups is 1. The van der Waals surface area contributed by atoms with Gasteiger partial charge < -0.3 is 25.0 Å². The Morgan fingerprint density at radius 2 is 1.95 bits per heavy atom. The predicted molar refractivity (Wildman–Crippen MR) is 156 cm³/mol. The number of nitrogens with one attached hydrogen (secondary N) is 2. The van der Waals surface area contributed by atoms with Crippen LogP contribution in [0.25, 0.3) is 0 Å². The van der Waals surface area contributed by atoms with Crippen LogP contribution in [0.1, 0.15) is 18.9 Å². The van der Waals surface area contributed by atoms with Gasteiger partial charge in [0, 0.05) is 51.0 Å². The summed E-state index contributed by atoms with van der Waals surface area (Å²) in [6.07, 6.45) is 10.7. The van der Waals surface area contributed by atoms with Gasteiger partial charge in [0.1, 0.15) is 25.2 Å². The molecule has 3 aromatic rings. The molecule has 0 fully saturated rings. The molecule has 0 saturated heterocycles. The highest BCUT2D eigenvalue weighted by molar-refractivity contribution is 5.84. The first-order valence-electron chi connectivity index (χ1n) is 13.7. The van der Waals surface area contributed by atoms with Crippen LogP contribution in [0.4, 0.5) is 5.69 Å². The molecule has 2 aliphatic rings. The van der Waals surface area contributed by atoms with Crippen molar-refractivity contribution in [2.45, 2.75) is 25.4 Å². The van der Waals surface area contributed by atoms with Crippen LogP contribution in [0.3, 0.4) is 0 Å². The Hall–Kier alpha value is -4.31. The fourth-order valence-corrected chi connectivity index (χ4v) is 4.85. The van der Waals surface area contributed by atoms with Crippen LogP contribution in [0.15, 0.2) is 84.5 Å². The van der Waals surface area contributed by atoms with Crippen LogP contribution in [-0.4, -0.2) is 78.4 Å². The molecule has 0 spiro atoms. The zero-order chi connectivity index (χ0) is 27.8. The van der Waals surface area contributed by atoms with Crippen molar-refractivity contribution in [1.82, 2.24) is 25.1 Å². The Morgan fingerprint density at radius 3 is 2.75 bits per heavy atom. The molecule has 0 radical (unpaired) electrons. The lowest BCUT2D eigenvalue weighted by atomic mass is 10.1. The van der Waals surface area contributed by atoms with Crippen LogP contribution in [0.2, 0.25) is 0 Å². The zero-order valence-corrected chi connectivity index (χ0v) is 23.1. The number of hydrogen-bond donors (Lipinski definition) is 2. The first-order valence-corrected chi connectivity index (χ1v) is 13.7. The summed E-state index contributed by atoms with van der Waals surface area (Å²) in [5.41, 5.74) is 1.55. The molecule has 0 saturated carbocycles. The molecule has 10 heteroatoms. The highest BCUT2D eigenvalue weighted by Crippen LogP contribution is 2.30. The molecule has 1 amide bonds. The van der Waals surface area contributed by atoms with E-state index in [1.807, 2.05) is 66.4 Å². The quantitative estimate of drug-likeness (QED) is 0.384. The maximum absolute atomic E-state index is 13.2. The normalized spacial score (nSPS) is 17.7. The molecule has 0 bridgehead atoms. The minimum absolute atomic E-state index is 0.0403. The van der Waals surface area contributed by atoms with E-state index in [1.165, 1.54) is 5.69 Å². The fraction of sp³-hybridized carbons (Fsp3) is 0.367. The van der Waals surface area contributed by atoms with Crippen molar-refractivity contribution in [2.75, 3.05) is 51.3 Å². The number of benzene rings is 2. The summed E-state index contributed by atoms with van der Waals surface area (Å²) >= 11 is 0. The molecule has 40 heavy (non-hydrogen) atoms. The van der Waals surface area contributed by atoms with Gasteiger partial charge in [0.25, 0.3) is 0 Å². The summed E-state index contributed by atoms with van der Waals surface area (Å²) in [6, 6.07) is 16.2. The lowest BCUT2D eigenvalue weighted by Gasteiger charge is -2.38.